The van der Waals surface area contributed by atoms with Gasteiger partial charge >= 0.3 is 0 Å². The summed E-state index contributed by atoms with van der Waals surface area (Å²) in [6.07, 6.45) is 3.75. The second-order valence-electron chi connectivity index (χ2n) is 5.94. The van der Waals surface area contributed by atoms with Gasteiger partial charge in [0.05, 0.1) is 4.47 Å². The van der Waals surface area contributed by atoms with Gasteiger partial charge in [0.1, 0.15) is 13.2 Å². The van der Waals surface area contributed by atoms with Crippen molar-refractivity contribution in [2.75, 3.05) is 13.2 Å². The molecule has 1 fully saturated rings. The molecule has 1 aromatic rings. The molecular formula is C16H22BrClN2O3. The Labute approximate surface area is 150 Å². The molecule has 0 saturated heterocycles. The zero-order chi connectivity index (χ0) is 15.5. The lowest BCUT2D eigenvalue weighted by Crippen LogP contribution is -2.31. The monoisotopic (exact) mass is 404 g/mol. The van der Waals surface area contributed by atoms with Crippen LogP contribution in [-0.4, -0.2) is 25.2 Å². The van der Waals surface area contributed by atoms with Crippen LogP contribution in [-0.2, 0) is 11.3 Å². The number of hydrogen-bond acceptors (Lipinski definition) is 4. The lowest BCUT2D eigenvalue weighted by atomic mass is 10.00. The van der Waals surface area contributed by atoms with Crippen molar-refractivity contribution in [3.8, 4) is 11.5 Å². The molecule has 0 bridgehead atoms. The number of benzene rings is 1. The highest BCUT2D eigenvalue weighted by Crippen LogP contribution is 2.38. The molecule has 3 rings (SSSR count). The summed E-state index contributed by atoms with van der Waals surface area (Å²) < 4.78 is 12.0. The molecule has 0 spiro atoms. The minimum absolute atomic E-state index is 0. The molecule has 1 aliphatic carbocycles. The van der Waals surface area contributed by atoms with Gasteiger partial charge in [0.25, 0.3) is 0 Å². The maximum absolute atomic E-state index is 12.1. The summed E-state index contributed by atoms with van der Waals surface area (Å²) in [5.41, 5.74) is 7.00. The number of rotatable bonds is 4. The minimum Gasteiger partial charge on any atom is -0.486 e. The van der Waals surface area contributed by atoms with Crippen LogP contribution < -0.4 is 20.5 Å². The van der Waals surface area contributed by atoms with E-state index in [1.165, 1.54) is 0 Å². The fraction of sp³-hybridized carbons (Fsp3) is 0.562. The lowest BCUT2D eigenvalue weighted by molar-refractivity contribution is -0.122. The predicted molar refractivity (Wildman–Crippen MR) is 94.2 cm³/mol. The molecule has 0 radical (unpaired) electrons. The zero-order valence-corrected chi connectivity index (χ0v) is 15.2. The normalized spacial score (nSPS) is 22.3. The smallest absolute Gasteiger partial charge is 0.220 e. The first-order valence-electron chi connectivity index (χ1n) is 7.74. The Bertz CT molecular complexity index is 571. The van der Waals surface area contributed by atoms with Crippen molar-refractivity contribution in [3.63, 3.8) is 0 Å². The summed E-state index contributed by atoms with van der Waals surface area (Å²) in [7, 11) is 0. The van der Waals surface area contributed by atoms with E-state index in [1.807, 2.05) is 12.1 Å². The van der Waals surface area contributed by atoms with Crippen LogP contribution in [0.25, 0.3) is 0 Å². The fourth-order valence-electron chi connectivity index (χ4n) is 3.10. The molecule has 2 aliphatic rings. The second kappa shape index (κ2) is 8.22. The molecule has 1 heterocycles. The highest BCUT2D eigenvalue weighted by molar-refractivity contribution is 9.10. The number of amides is 1. The largest absolute Gasteiger partial charge is 0.486 e. The van der Waals surface area contributed by atoms with Gasteiger partial charge in [-0.1, -0.05) is 6.42 Å². The topological polar surface area (TPSA) is 73.6 Å². The number of halogens is 2. The molecule has 1 aliphatic heterocycles. The number of hydrogen-bond donors (Lipinski definition) is 2. The lowest BCUT2D eigenvalue weighted by Gasteiger charge is -2.20. The average Bonchev–Trinajstić information content (AvgIpc) is 2.90. The van der Waals surface area contributed by atoms with Crippen LogP contribution in [0.3, 0.4) is 0 Å². The van der Waals surface area contributed by atoms with Gasteiger partial charge in [0, 0.05) is 19.0 Å². The van der Waals surface area contributed by atoms with Gasteiger partial charge in [0.15, 0.2) is 11.5 Å². The van der Waals surface area contributed by atoms with E-state index in [-0.39, 0.29) is 24.4 Å². The molecule has 7 heteroatoms. The highest BCUT2D eigenvalue weighted by atomic mass is 79.9. The molecule has 0 aromatic heterocycles. The first-order chi connectivity index (χ1) is 10.6. The van der Waals surface area contributed by atoms with Gasteiger partial charge in [-0.25, -0.2) is 0 Å². The Morgan fingerprint density at radius 1 is 1.30 bits per heavy atom. The number of carbonyl (C=O) groups excluding carboxylic acids is 1. The van der Waals surface area contributed by atoms with Crippen molar-refractivity contribution in [1.82, 2.24) is 5.32 Å². The molecule has 128 valence electrons. The molecule has 1 aromatic carbocycles. The summed E-state index contributed by atoms with van der Waals surface area (Å²) in [6.45, 7) is 1.59. The van der Waals surface area contributed by atoms with Crippen LogP contribution in [0.5, 0.6) is 11.5 Å². The molecule has 3 N–H and O–H groups in total. The first-order valence-corrected chi connectivity index (χ1v) is 8.53. The summed E-state index contributed by atoms with van der Waals surface area (Å²) in [4.78, 5) is 12.1. The van der Waals surface area contributed by atoms with E-state index in [0.29, 0.717) is 32.1 Å². The standard InChI is InChI=1S/C16H21BrN2O3.ClH/c17-12-6-10(7-14-16(12)22-5-4-21-14)9-19-15(20)8-11-2-1-3-13(11)18;/h6-7,11,13H,1-5,8-9,18H2,(H,19,20);1H/t11-,13+;/m0./s1. The van der Waals surface area contributed by atoms with Gasteiger partial charge in [0.2, 0.25) is 5.91 Å². The third-order valence-corrected chi connectivity index (χ3v) is 4.90. The molecular weight excluding hydrogens is 384 g/mol. The van der Waals surface area contributed by atoms with Crippen molar-refractivity contribution in [3.05, 3.63) is 22.2 Å². The zero-order valence-electron chi connectivity index (χ0n) is 12.8. The van der Waals surface area contributed by atoms with E-state index in [0.717, 1.165) is 40.8 Å². The van der Waals surface area contributed by atoms with Crippen molar-refractivity contribution in [2.24, 2.45) is 11.7 Å². The van der Waals surface area contributed by atoms with Crippen molar-refractivity contribution in [1.29, 1.82) is 0 Å². The second-order valence-corrected chi connectivity index (χ2v) is 6.79. The maximum atomic E-state index is 12.1. The maximum Gasteiger partial charge on any atom is 0.220 e. The van der Waals surface area contributed by atoms with Crippen molar-refractivity contribution < 1.29 is 14.3 Å². The van der Waals surface area contributed by atoms with Gasteiger partial charge in [-0.3, -0.25) is 4.79 Å². The molecule has 2 atom stereocenters. The SMILES string of the molecule is Cl.N[C@@H]1CCC[C@H]1CC(=O)NCc1cc(Br)c2c(c1)OCCO2. The summed E-state index contributed by atoms with van der Waals surface area (Å²) >= 11 is 3.48. The molecule has 5 nitrogen and oxygen atoms in total. The number of nitrogens with one attached hydrogen (secondary N) is 1. The van der Waals surface area contributed by atoms with Gasteiger partial charge in [-0.15, -0.1) is 12.4 Å². The Morgan fingerprint density at radius 3 is 2.83 bits per heavy atom. The first kappa shape index (κ1) is 18.4. The van der Waals surface area contributed by atoms with E-state index in [4.69, 9.17) is 15.2 Å². The third-order valence-electron chi connectivity index (χ3n) is 4.31. The van der Waals surface area contributed by atoms with Crippen LogP contribution in [0.2, 0.25) is 0 Å². The average molecular weight is 406 g/mol. The number of fused-ring (bicyclic) bond motifs is 1. The van der Waals surface area contributed by atoms with Crippen molar-refractivity contribution in [2.45, 2.75) is 38.3 Å². The predicted octanol–water partition coefficient (Wildman–Crippen LogP) is 2.78. The van der Waals surface area contributed by atoms with E-state index >= 15 is 0 Å². The number of nitrogens with two attached hydrogens (primary N) is 1. The van der Waals surface area contributed by atoms with E-state index in [1.54, 1.807) is 0 Å². The van der Waals surface area contributed by atoms with Gasteiger partial charge in [-0.2, -0.15) is 0 Å². The molecule has 0 unspecified atom stereocenters. The van der Waals surface area contributed by atoms with E-state index in [9.17, 15) is 4.79 Å². The molecule has 23 heavy (non-hydrogen) atoms. The number of ether oxygens (including phenoxy) is 2. The van der Waals surface area contributed by atoms with Crippen LogP contribution in [0, 0.1) is 5.92 Å². The van der Waals surface area contributed by atoms with Crippen molar-refractivity contribution >= 4 is 34.2 Å². The Balaban J connectivity index is 0.00000192. The van der Waals surface area contributed by atoms with E-state index in [2.05, 4.69) is 21.2 Å². The molecule has 1 amide bonds. The summed E-state index contributed by atoms with van der Waals surface area (Å²) in [5, 5.41) is 2.97. The van der Waals surface area contributed by atoms with Crippen LogP contribution >= 0.6 is 28.3 Å². The summed E-state index contributed by atoms with van der Waals surface area (Å²) in [6, 6.07) is 4.05. The quantitative estimate of drug-likeness (QED) is 0.808. The third kappa shape index (κ3) is 4.52. The van der Waals surface area contributed by atoms with E-state index < -0.39 is 0 Å². The Kier molecular flexibility index (Phi) is 6.56. The summed E-state index contributed by atoms with van der Waals surface area (Å²) in [5.74, 6) is 1.85. The Hall–Kier alpha value is -0.980. The van der Waals surface area contributed by atoms with Gasteiger partial charge in [-0.05, 0) is 52.4 Å². The molecule has 1 saturated carbocycles. The minimum atomic E-state index is 0. The highest BCUT2D eigenvalue weighted by Gasteiger charge is 2.26. The van der Waals surface area contributed by atoms with Crippen LogP contribution in [0.4, 0.5) is 0 Å². The fourth-order valence-corrected chi connectivity index (χ4v) is 3.70. The van der Waals surface area contributed by atoms with Crippen LogP contribution in [0.15, 0.2) is 16.6 Å². The van der Waals surface area contributed by atoms with Crippen LogP contribution in [0.1, 0.15) is 31.2 Å². The van der Waals surface area contributed by atoms with Gasteiger partial charge < -0.3 is 20.5 Å². The number of carbonyl (C=O) groups is 1. The Morgan fingerprint density at radius 2 is 2.09 bits per heavy atom.